The zero-order valence-corrected chi connectivity index (χ0v) is 4.86. The quantitative estimate of drug-likeness (QED) is 0.438. The Balaban J connectivity index is 2.78. The number of halogens is 1. The third-order valence-corrected chi connectivity index (χ3v) is 0.730. The van der Waals surface area contributed by atoms with Gasteiger partial charge in [0, 0.05) is 12.5 Å². The molecular formula is C5H9ClO. The van der Waals surface area contributed by atoms with E-state index < -0.39 is 0 Å². The Labute approximate surface area is 48.6 Å². The monoisotopic (exact) mass is 120 g/mol. The largest absolute Gasteiger partial charge is 0.396 e. The van der Waals surface area contributed by atoms with E-state index >= 15 is 0 Å². The van der Waals surface area contributed by atoms with E-state index in [0.29, 0.717) is 12.3 Å². The third kappa shape index (κ3) is 5.99. The van der Waals surface area contributed by atoms with Crippen LogP contribution in [-0.4, -0.2) is 17.6 Å². The van der Waals surface area contributed by atoms with Crippen LogP contribution in [0.1, 0.15) is 6.42 Å². The van der Waals surface area contributed by atoms with Crippen molar-refractivity contribution in [2.24, 2.45) is 0 Å². The minimum Gasteiger partial charge on any atom is -0.396 e. The summed E-state index contributed by atoms with van der Waals surface area (Å²) in [5.41, 5.74) is 0. The van der Waals surface area contributed by atoms with Crippen LogP contribution in [0, 0.1) is 0 Å². The average molecular weight is 121 g/mol. The summed E-state index contributed by atoms with van der Waals surface area (Å²) in [6.07, 6.45) is 4.39. The second kappa shape index (κ2) is 5.99. The fraction of sp³-hybridized carbons (Fsp3) is 0.600. The van der Waals surface area contributed by atoms with Gasteiger partial charge in [-0.15, -0.1) is 11.6 Å². The second-order valence-electron chi connectivity index (χ2n) is 1.14. The van der Waals surface area contributed by atoms with Crippen LogP contribution >= 0.6 is 11.6 Å². The van der Waals surface area contributed by atoms with Gasteiger partial charge in [0.2, 0.25) is 0 Å². The van der Waals surface area contributed by atoms with Crippen LogP contribution in [0.2, 0.25) is 0 Å². The summed E-state index contributed by atoms with van der Waals surface area (Å²) in [6, 6.07) is 0. The smallest absolute Gasteiger partial charge is 0.0465 e. The van der Waals surface area contributed by atoms with Crippen LogP contribution in [-0.2, 0) is 0 Å². The molecule has 0 unspecified atom stereocenters. The minimum atomic E-state index is 0.216. The molecule has 7 heavy (non-hydrogen) atoms. The molecular weight excluding hydrogens is 112 g/mol. The maximum atomic E-state index is 8.20. The van der Waals surface area contributed by atoms with E-state index in [1.165, 1.54) is 0 Å². The molecule has 42 valence electrons. The molecule has 0 bridgehead atoms. The predicted molar refractivity (Wildman–Crippen MR) is 31.6 cm³/mol. The summed E-state index contributed by atoms with van der Waals surface area (Å²) < 4.78 is 0. The van der Waals surface area contributed by atoms with E-state index in [4.69, 9.17) is 16.7 Å². The van der Waals surface area contributed by atoms with Crippen molar-refractivity contribution >= 4 is 11.6 Å². The van der Waals surface area contributed by atoms with E-state index in [2.05, 4.69) is 0 Å². The van der Waals surface area contributed by atoms with Gasteiger partial charge in [-0.25, -0.2) is 0 Å². The molecule has 0 aromatic carbocycles. The molecule has 0 saturated carbocycles. The lowest BCUT2D eigenvalue weighted by atomic mass is 10.4. The fourth-order valence-corrected chi connectivity index (χ4v) is 0.381. The first-order valence-corrected chi connectivity index (χ1v) is 2.77. The minimum absolute atomic E-state index is 0.216. The fourth-order valence-electron chi connectivity index (χ4n) is 0.255. The molecule has 0 aliphatic heterocycles. The Hall–Kier alpha value is -0.0100. The van der Waals surface area contributed by atoms with Gasteiger partial charge in [-0.2, -0.15) is 0 Å². The highest BCUT2D eigenvalue weighted by molar-refractivity contribution is 6.18. The van der Waals surface area contributed by atoms with Crippen molar-refractivity contribution in [1.29, 1.82) is 0 Å². The molecule has 0 aromatic rings. The predicted octanol–water partition coefficient (Wildman–Crippen LogP) is 1.16. The Morgan fingerprint density at radius 3 is 2.57 bits per heavy atom. The molecule has 0 spiro atoms. The molecule has 0 fully saturated rings. The first-order valence-electron chi connectivity index (χ1n) is 2.23. The van der Waals surface area contributed by atoms with E-state index in [1.54, 1.807) is 0 Å². The molecule has 0 saturated heterocycles. The normalized spacial score (nSPS) is 10.6. The highest BCUT2D eigenvalue weighted by Crippen LogP contribution is 1.81. The van der Waals surface area contributed by atoms with Crippen LogP contribution in [0.3, 0.4) is 0 Å². The number of alkyl halides is 1. The highest BCUT2D eigenvalue weighted by Gasteiger charge is 1.69. The van der Waals surface area contributed by atoms with Gasteiger partial charge in [-0.1, -0.05) is 12.2 Å². The number of aliphatic hydroxyl groups is 1. The Morgan fingerprint density at radius 2 is 2.14 bits per heavy atom. The van der Waals surface area contributed by atoms with Crippen molar-refractivity contribution in [3.8, 4) is 0 Å². The summed E-state index contributed by atoms with van der Waals surface area (Å²) in [5, 5.41) is 8.20. The van der Waals surface area contributed by atoms with E-state index in [-0.39, 0.29) is 6.61 Å². The lowest BCUT2D eigenvalue weighted by Gasteiger charge is -1.78. The number of rotatable bonds is 3. The topological polar surface area (TPSA) is 20.2 Å². The first-order chi connectivity index (χ1) is 3.41. The van der Waals surface area contributed by atoms with Gasteiger partial charge in [-0.3, -0.25) is 0 Å². The van der Waals surface area contributed by atoms with E-state index in [9.17, 15) is 0 Å². The molecule has 1 N–H and O–H groups in total. The Bertz CT molecular complexity index is 52.0. The molecule has 0 radical (unpaired) electrons. The van der Waals surface area contributed by atoms with E-state index in [1.807, 2.05) is 12.2 Å². The molecule has 2 heteroatoms. The summed E-state index contributed by atoms with van der Waals surface area (Å²) >= 11 is 5.27. The van der Waals surface area contributed by atoms with Gasteiger partial charge in [0.15, 0.2) is 0 Å². The summed E-state index contributed by atoms with van der Waals surface area (Å²) in [6.45, 7) is 0.216. The van der Waals surface area contributed by atoms with Gasteiger partial charge in [0.1, 0.15) is 0 Å². The van der Waals surface area contributed by atoms with Crippen molar-refractivity contribution in [3.05, 3.63) is 12.2 Å². The van der Waals surface area contributed by atoms with E-state index in [0.717, 1.165) is 0 Å². The maximum absolute atomic E-state index is 8.20. The van der Waals surface area contributed by atoms with Crippen molar-refractivity contribution < 1.29 is 5.11 Å². The van der Waals surface area contributed by atoms with Gasteiger partial charge in [0.25, 0.3) is 0 Å². The molecule has 1 nitrogen and oxygen atoms in total. The summed E-state index contributed by atoms with van der Waals surface area (Å²) in [5.74, 6) is 0.542. The zero-order valence-electron chi connectivity index (χ0n) is 4.10. The van der Waals surface area contributed by atoms with Crippen LogP contribution < -0.4 is 0 Å². The van der Waals surface area contributed by atoms with Crippen molar-refractivity contribution in [2.45, 2.75) is 6.42 Å². The van der Waals surface area contributed by atoms with Crippen LogP contribution in [0.15, 0.2) is 12.2 Å². The van der Waals surface area contributed by atoms with Crippen LogP contribution in [0.25, 0.3) is 0 Å². The average Bonchev–Trinajstić information content (AvgIpc) is 1.69. The summed E-state index contributed by atoms with van der Waals surface area (Å²) in [4.78, 5) is 0. The molecule has 0 heterocycles. The number of hydrogen-bond donors (Lipinski definition) is 1. The Morgan fingerprint density at radius 1 is 1.43 bits per heavy atom. The molecule has 0 aliphatic carbocycles. The number of hydrogen-bond acceptors (Lipinski definition) is 1. The molecule has 0 amide bonds. The lowest BCUT2D eigenvalue weighted by Crippen LogP contribution is -1.74. The SMILES string of the molecule is OCCC=CCCl. The zero-order chi connectivity index (χ0) is 5.54. The highest BCUT2D eigenvalue weighted by atomic mass is 35.5. The summed E-state index contributed by atoms with van der Waals surface area (Å²) in [7, 11) is 0. The standard InChI is InChI=1S/C5H9ClO/c6-4-2-1-3-5-7/h1-2,7H,3-5H2. The molecule has 0 atom stereocenters. The molecule has 0 aliphatic rings. The van der Waals surface area contributed by atoms with Gasteiger partial charge >= 0.3 is 0 Å². The van der Waals surface area contributed by atoms with Crippen molar-refractivity contribution in [1.82, 2.24) is 0 Å². The third-order valence-electron chi connectivity index (χ3n) is 0.552. The van der Waals surface area contributed by atoms with Crippen molar-refractivity contribution in [3.63, 3.8) is 0 Å². The molecule has 0 rings (SSSR count). The molecule has 0 aromatic heterocycles. The van der Waals surface area contributed by atoms with Crippen molar-refractivity contribution in [2.75, 3.05) is 12.5 Å². The maximum Gasteiger partial charge on any atom is 0.0465 e. The van der Waals surface area contributed by atoms with Gasteiger partial charge in [-0.05, 0) is 6.42 Å². The first kappa shape index (κ1) is 6.99. The lowest BCUT2D eigenvalue weighted by molar-refractivity contribution is 0.302. The van der Waals surface area contributed by atoms with Crippen LogP contribution in [0.4, 0.5) is 0 Å². The van der Waals surface area contributed by atoms with Gasteiger partial charge in [0.05, 0.1) is 0 Å². The van der Waals surface area contributed by atoms with Gasteiger partial charge < -0.3 is 5.11 Å². The number of aliphatic hydroxyl groups excluding tert-OH is 1. The number of allylic oxidation sites excluding steroid dienone is 1. The van der Waals surface area contributed by atoms with Crippen LogP contribution in [0.5, 0.6) is 0 Å². The second-order valence-corrected chi connectivity index (χ2v) is 1.45. The Kier molecular flexibility index (Phi) is 5.98.